The van der Waals surface area contributed by atoms with Crippen LogP contribution in [-0.4, -0.2) is 21.2 Å². The number of hydrogen-bond donors (Lipinski definition) is 1. The van der Waals surface area contributed by atoms with Gasteiger partial charge in [-0.15, -0.1) is 0 Å². The summed E-state index contributed by atoms with van der Waals surface area (Å²) in [5.74, 6) is -0.0744. The summed E-state index contributed by atoms with van der Waals surface area (Å²) in [7, 11) is 0. The second-order valence-electron chi connectivity index (χ2n) is 5.24. The number of nitrogens with zero attached hydrogens (tertiary/aromatic N) is 4. The van der Waals surface area contributed by atoms with Crippen molar-refractivity contribution in [3.05, 3.63) is 59.5 Å². The second-order valence-corrected chi connectivity index (χ2v) is 5.24. The average Bonchev–Trinajstić information content (AvgIpc) is 2.60. The molecule has 5 nitrogen and oxygen atoms in total. The van der Waals surface area contributed by atoms with Crippen LogP contribution in [0.2, 0.25) is 0 Å². The molecule has 0 amide bonds. The van der Waals surface area contributed by atoms with E-state index in [2.05, 4.69) is 25.5 Å². The number of hydrogen-bond acceptors (Lipinski definition) is 5. The molecule has 0 aliphatic carbocycles. The van der Waals surface area contributed by atoms with Gasteiger partial charge in [0.2, 0.25) is 0 Å². The number of aromatic nitrogens is 3. The minimum Gasteiger partial charge on any atom is -0.261 e. The number of anilines is 1. The first-order valence-electron chi connectivity index (χ1n) is 7.31. The Kier molecular flexibility index (Phi) is 4.68. The fraction of sp³-hybridized carbons (Fsp3) is 0.125. The van der Waals surface area contributed by atoms with Crippen molar-refractivity contribution in [2.24, 2.45) is 5.10 Å². The molecule has 0 saturated heterocycles. The van der Waals surface area contributed by atoms with Crippen molar-refractivity contribution in [2.75, 3.05) is 5.43 Å². The van der Waals surface area contributed by atoms with Crippen LogP contribution in [0.15, 0.2) is 47.7 Å². The van der Waals surface area contributed by atoms with E-state index in [-0.39, 0.29) is 11.9 Å². The van der Waals surface area contributed by atoms with Gasteiger partial charge < -0.3 is 0 Å². The molecule has 0 spiro atoms. The number of rotatable bonds is 3. The van der Waals surface area contributed by atoms with E-state index in [1.807, 2.05) is 0 Å². The number of nitrogens with one attached hydrogen (secondary N) is 1. The van der Waals surface area contributed by atoms with Gasteiger partial charge in [-0.05, 0) is 30.3 Å². The molecule has 140 valence electrons. The molecule has 27 heavy (non-hydrogen) atoms. The van der Waals surface area contributed by atoms with E-state index < -0.39 is 34.6 Å². The fourth-order valence-corrected chi connectivity index (χ4v) is 2.16. The number of pyridine rings is 3. The molecule has 0 radical (unpaired) electrons. The zero-order valence-electron chi connectivity index (χ0n) is 13.2. The topological polar surface area (TPSA) is 63.1 Å². The molecule has 0 fully saturated rings. The van der Waals surface area contributed by atoms with Crippen LogP contribution in [0.5, 0.6) is 0 Å². The Morgan fingerprint density at radius 3 is 2.33 bits per heavy atom. The Morgan fingerprint density at radius 1 is 0.926 bits per heavy atom. The standard InChI is InChI=1S/C16H9F6N5/c17-15(18,19)11-7-12(16(20,21)22)25-14-10(11)4-5-13(26-14)27-24-8-9-3-1-2-6-23-9/h1-8H,(H,25,26,27)/b24-8+. The highest BCUT2D eigenvalue weighted by molar-refractivity contribution is 5.82. The van der Waals surface area contributed by atoms with Gasteiger partial charge in [-0.2, -0.15) is 31.4 Å². The maximum Gasteiger partial charge on any atom is 0.433 e. The lowest BCUT2D eigenvalue weighted by molar-refractivity contribution is -0.144. The van der Waals surface area contributed by atoms with E-state index in [0.717, 1.165) is 12.1 Å². The quantitative estimate of drug-likeness (QED) is 0.409. The molecule has 0 unspecified atom stereocenters. The second kappa shape index (κ2) is 6.82. The van der Waals surface area contributed by atoms with E-state index >= 15 is 0 Å². The molecule has 3 rings (SSSR count). The van der Waals surface area contributed by atoms with Gasteiger partial charge in [-0.3, -0.25) is 10.4 Å². The number of hydrazone groups is 1. The van der Waals surface area contributed by atoms with Gasteiger partial charge in [0.05, 0.1) is 17.5 Å². The number of alkyl halides is 6. The molecule has 3 aromatic heterocycles. The van der Waals surface area contributed by atoms with Gasteiger partial charge in [0.15, 0.2) is 5.65 Å². The first-order chi connectivity index (χ1) is 12.6. The summed E-state index contributed by atoms with van der Waals surface area (Å²) in [6.45, 7) is 0. The van der Waals surface area contributed by atoms with Gasteiger partial charge >= 0.3 is 12.4 Å². The van der Waals surface area contributed by atoms with Crippen LogP contribution in [0.1, 0.15) is 17.0 Å². The largest absolute Gasteiger partial charge is 0.433 e. The lowest BCUT2D eigenvalue weighted by Gasteiger charge is -2.14. The van der Waals surface area contributed by atoms with Crippen molar-refractivity contribution in [2.45, 2.75) is 12.4 Å². The Morgan fingerprint density at radius 2 is 1.70 bits per heavy atom. The third kappa shape index (κ3) is 4.30. The zero-order valence-corrected chi connectivity index (χ0v) is 13.2. The fourth-order valence-electron chi connectivity index (χ4n) is 2.16. The first-order valence-corrected chi connectivity index (χ1v) is 7.31. The minimum atomic E-state index is -5.05. The van der Waals surface area contributed by atoms with Crippen molar-refractivity contribution >= 4 is 23.1 Å². The molecule has 11 heteroatoms. The summed E-state index contributed by atoms with van der Waals surface area (Å²) in [6, 6.07) is 7.16. The minimum absolute atomic E-state index is 0.0314. The van der Waals surface area contributed by atoms with Crippen LogP contribution in [0.4, 0.5) is 32.2 Å². The summed E-state index contributed by atoms with van der Waals surface area (Å²) in [6.07, 6.45) is -7.20. The Hall–Kier alpha value is -3.24. The summed E-state index contributed by atoms with van der Waals surface area (Å²) in [5, 5.41) is 3.24. The molecule has 0 atom stereocenters. The van der Waals surface area contributed by atoms with Crippen molar-refractivity contribution < 1.29 is 26.3 Å². The molecule has 0 saturated carbocycles. The van der Waals surface area contributed by atoms with E-state index in [1.165, 1.54) is 12.4 Å². The van der Waals surface area contributed by atoms with Crippen LogP contribution >= 0.6 is 0 Å². The van der Waals surface area contributed by atoms with Gasteiger partial charge in [0.25, 0.3) is 0 Å². The Labute approximate surface area is 147 Å². The summed E-state index contributed by atoms with van der Waals surface area (Å²) in [5.41, 5.74) is -0.932. The SMILES string of the molecule is FC(F)(F)c1cc(C(F)(F)F)c2ccc(N/N=C/c3ccccn3)nc2n1. The predicted octanol–water partition coefficient (Wildman–Crippen LogP) is 4.51. The molecule has 0 bridgehead atoms. The maximum atomic E-state index is 13.1. The van der Waals surface area contributed by atoms with Crippen LogP contribution < -0.4 is 5.43 Å². The smallest absolute Gasteiger partial charge is 0.261 e. The summed E-state index contributed by atoms with van der Waals surface area (Å²) in [4.78, 5) is 10.9. The lowest BCUT2D eigenvalue weighted by atomic mass is 10.1. The number of fused-ring (bicyclic) bond motifs is 1. The molecule has 3 aromatic rings. The first kappa shape index (κ1) is 18.5. The lowest BCUT2D eigenvalue weighted by Crippen LogP contribution is -2.14. The summed E-state index contributed by atoms with van der Waals surface area (Å²) < 4.78 is 77.9. The summed E-state index contributed by atoms with van der Waals surface area (Å²) >= 11 is 0. The van der Waals surface area contributed by atoms with E-state index in [1.54, 1.807) is 18.2 Å². The maximum absolute atomic E-state index is 13.1. The van der Waals surface area contributed by atoms with Gasteiger partial charge in [-0.25, -0.2) is 9.97 Å². The molecule has 3 heterocycles. The van der Waals surface area contributed by atoms with Crippen molar-refractivity contribution in [3.63, 3.8) is 0 Å². The van der Waals surface area contributed by atoms with Crippen LogP contribution in [0, 0.1) is 0 Å². The molecule has 1 N–H and O–H groups in total. The van der Waals surface area contributed by atoms with Crippen LogP contribution in [0.3, 0.4) is 0 Å². The van der Waals surface area contributed by atoms with Gasteiger partial charge in [0.1, 0.15) is 11.5 Å². The Bertz CT molecular complexity index is 982. The van der Waals surface area contributed by atoms with Crippen molar-refractivity contribution in [3.8, 4) is 0 Å². The zero-order chi connectivity index (χ0) is 19.7. The van der Waals surface area contributed by atoms with Crippen LogP contribution in [0.25, 0.3) is 11.0 Å². The highest BCUT2D eigenvalue weighted by Gasteiger charge is 2.39. The van der Waals surface area contributed by atoms with Crippen molar-refractivity contribution in [1.82, 2.24) is 15.0 Å². The molecular weight excluding hydrogens is 376 g/mol. The van der Waals surface area contributed by atoms with E-state index in [0.29, 0.717) is 5.69 Å². The number of halogens is 6. The average molecular weight is 385 g/mol. The highest BCUT2D eigenvalue weighted by atomic mass is 19.4. The monoisotopic (exact) mass is 385 g/mol. The van der Waals surface area contributed by atoms with Crippen molar-refractivity contribution in [1.29, 1.82) is 0 Å². The van der Waals surface area contributed by atoms with Gasteiger partial charge in [0, 0.05) is 11.6 Å². The third-order valence-electron chi connectivity index (χ3n) is 3.33. The van der Waals surface area contributed by atoms with Gasteiger partial charge in [-0.1, -0.05) is 6.07 Å². The molecule has 0 aliphatic rings. The van der Waals surface area contributed by atoms with E-state index in [4.69, 9.17) is 0 Å². The molecule has 0 aliphatic heterocycles. The third-order valence-corrected chi connectivity index (χ3v) is 3.33. The highest BCUT2D eigenvalue weighted by Crippen LogP contribution is 2.38. The predicted molar refractivity (Wildman–Crippen MR) is 85.0 cm³/mol. The molecular formula is C16H9F6N5. The molecule has 0 aromatic carbocycles. The van der Waals surface area contributed by atoms with Crippen LogP contribution in [-0.2, 0) is 12.4 Å². The Balaban J connectivity index is 1.99. The van der Waals surface area contributed by atoms with E-state index in [9.17, 15) is 26.3 Å². The normalized spacial score (nSPS) is 12.7.